The van der Waals surface area contributed by atoms with Crippen LogP contribution in [0.2, 0.25) is 0 Å². The number of halogens is 3. The number of carbonyl (C=O) groups is 1. The largest absolute Gasteiger partial charge is 0.416 e. The van der Waals surface area contributed by atoms with Gasteiger partial charge in [0.15, 0.2) is 0 Å². The molecular formula is C19H20F3N3O3S. The third kappa shape index (κ3) is 4.70. The normalized spacial score (nSPS) is 18.1. The molecule has 1 heterocycles. The van der Waals surface area contributed by atoms with Crippen LogP contribution in [0.3, 0.4) is 0 Å². The molecule has 0 saturated carbocycles. The highest BCUT2D eigenvalue weighted by Crippen LogP contribution is 2.37. The topological polar surface area (TPSA) is 87.3 Å². The Bertz CT molecular complexity index is 1020. The van der Waals surface area contributed by atoms with E-state index < -0.39 is 27.9 Å². The summed E-state index contributed by atoms with van der Waals surface area (Å²) >= 11 is 0. The summed E-state index contributed by atoms with van der Waals surface area (Å²) in [6.07, 6.45) is -5.56. The molecule has 1 unspecified atom stereocenters. The van der Waals surface area contributed by atoms with Crippen LogP contribution >= 0.6 is 0 Å². The van der Waals surface area contributed by atoms with Crippen molar-refractivity contribution >= 4 is 21.6 Å². The monoisotopic (exact) mass is 427 g/mol. The first kappa shape index (κ1) is 21.1. The fourth-order valence-electron chi connectivity index (χ4n) is 2.83. The number of nitrogens with one attached hydrogen (secondary N) is 3. The van der Waals surface area contributed by atoms with E-state index in [1.165, 1.54) is 12.1 Å². The highest BCUT2D eigenvalue weighted by Gasteiger charge is 2.35. The molecule has 0 aliphatic carbocycles. The van der Waals surface area contributed by atoms with Gasteiger partial charge in [-0.15, -0.1) is 0 Å². The van der Waals surface area contributed by atoms with Crippen LogP contribution in [0, 0.1) is 5.92 Å². The standard InChI is InChI=1S/C19H20F3N3O3S/c1-11(2)10-23-18(26)13-5-3-12(4-6-13)17-24-15-9-14(19(20,21)22)7-8-16(15)29(27,28)25-17/h3-9,11,17,24-25H,10H2,1-2H3,(H,23,26). The first-order chi connectivity index (χ1) is 13.5. The Morgan fingerprint density at radius 2 is 1.79 bits per heavy atom. The number of amides is 1. The lowest BCUT2D eigenvalue weighted by Gasteiger charge is -2.29. The Hall–Kier alpha value is -2.59. The van der Waals surface area contributed by atoms with Crippen molar-refractivity contribution < 1.29 is 26.4 Å². The number of fused-ring (bicyclic) bond motifs is 1. The zero-order valence-electron chi connectivity index (χ0n) is 15.7. The van der Waals surface area contributed by atoms with Gasteiger partial charge in [0.1, 0.15) is 11.1 Å². The van der Waals surface area contributed by atoms with Gasteiger partial charge in [-0.3, -0.25) is 4.79 Å². The predicted molar refractivity (Wildman–Crippen MR) is 102 cm³/mol. The molecule has 0 saturated heterocycles. The molecule has 0 spiro atoms. The smallest absolute Gasteiger partial charge is 0.364 e. The molecule has 1 amide bonds. The lowest BCUT2D eigenvalue weighted by atomic mass is 10.1. The summed E-state index contributed by atoms with van der Waals surface area (Å²) in [4.78, 5) is 11.8. The van der Waals surface area contributed by atoms with E-state index in [1.54, 1.807) is 12.1 Å². The van der Waals surface area contributed by atoms with Crippen molar-refractivity contribution in [2.24, 2.45) is 5.92 Å². The molecule has 2 aromatic carbocycles. The van der Waals surface area contributed by atoms with Crippen LogP contribution in [0.15, 0.2) is 47.4 Å². The fraction of sp³-hybridized carbons (Fsp3) is 0.316. The average molecular weight is 427 g/mol. The van der Waals surface area contributed by atoms with Crippen LogP contribution in [0.1, 0.15) is 41.5 Å². The third-order valence-corrected chi connectivity index (χ3v) is 5.83. The van der Waals surface area contributed by atoms with E-state index >= 15 is 0 Å². The summed E-state index contributed by atoms with van der Waals surface area (Å²) < 4.78 is 66.2. The summed E-state index contributed by atoms with van der Waals surface area (Å²) in [7, 11) is -4.01. The minimum absolute atomic E-state index is 0.137. The zero-order valence-corrected chi connectivity index (χ0v) is 16.5. The highest BCUT2D eigenvalue weighted by molar-refractivity contribution is 7.89. The summed E-state index contributed by atoms with van der Waals surface area (Å²) in [5, 5.41) is 5.55. The van der Waals surface area contributed by atoms with Gasteiger partial charge in [0, 0.05) is 12.1 Å². The molecule has 29 heavy (non-hydrogen) atoms. The van der Waals surface area contributed by atoms with Crippen LogP contribution < -0.4 is 15.4 Å². The van der Waals surface area contributed by atoms with Crippen LogP contribution in [0.25, 0.3) is 0 Å². The molecule has 0 radical (unpaired) electrons. The Morgan fingerprint density at radius 3 is 2.38 bits per heavy atom. The molecule has 1 aliphatic rings. The minimum atomic E-state index is -4.59. The number of hydrogen-bond acceptors (Lipinski definition) is 4. The summed E-state index contributed by atoms with van der Waals surface area (Å²) in [5.41, 5.74) is -0.232. The fourth-order valence-corrected chi connectivity index (χ4v) is 4.12. The van der Waals surface area contributed by atoms with Crippen LogP contribution in [-0.2, 0) is 16.2 Å². The minimum Gasteiger partial charge on any atom is -0.364 e. The van der Waals surface area contributed by atoms with Crippen molar-refractivity contribution in [3.63, 3.8) is 0 Å². The first-order valence-electron chi connectivity index (χ1n) is 8.85. The molecule has 10 heteroatoms. The van der Waals surface area contributed by atoms with Gasteiger partial charge in [-0.2, -0.15) is 17.9 Å². The maximum Gasteiger partial charge on any atom is 0.416 e. The van der Waals surface area contributed by atoms with Crippen molar-refractivity contribution in [1.82, 2.24) is 10.0 Å². The second-order valence-corrected chi connectivity index (χ2v) is 8.82. The second kappa shape index (κ2) is 7.68. The molecule has 2 aromatic rings. The Balaban J connectivity index is 1.85. The lowest BCUT2D eigenvalue weighted by molar-refractivity contribution is -0.137. The molecule has 0 aromatic heterocycles. The quantitative estimate of drug-likeness (QED) is 0.697. The van der Waals surface area contributed by atoms with Gasteiger partial charge in [0.05, 0.1) is 11.3 Å². The maximum atomic E-state index is 13.0. The van der Waals surface area contributed by atoms with E-state index in [9.17, 15) is 26.4 Å². The number of benzene rings is 2. The van der Waals surface area contributed by atoms with Gasteiger partial charge in [-0.1, -0.05) is 26.0 Å². The Kier molecular flexibility index (Phi) is 5.59. The number of anilines is 1. The summed E-state index contributed by atoms with van der Waals surface area (Å²) in [6, 6.07) is 8.57. The van der Waals surface area contributed by atoms with Gasteiger partial charge < -0.3 is 10.6 Å². The van der Waals surface area contributed by atoms with Gasteiger partial charge in [0.25, 0.3) is 5.91 Å². The molecule has 3 rings (SSSR count). The van der Waals surface area contributed by atoms with Crippen LogP contribution in [0.5, 0.6) is 0 Å². The summed E-state index contributed by atoms with van der Waals surface area (Å²) in [6.45, 7) is 4.45. The third-order valence-electron chi connectivity index (χ3n) is 4.35. The molecule has 3 N–H and O–H groups in total. The number of carbonyl (C=O) groups excluding carboxylic acids is 1. The molecule has 6 nitrogen and oxygen atoms in total. The van der Waals surface area contributed by atoms with Crippen LogP contribution in [-0.4, -0.2) is 20.9 Å². The van der Waals surface area contributed by atoms with E-state index in [-0.39, 0.29) is 16.5 Å². The SMILES string of the molecule is CC(C)CNC(=O)c1ccc(C2Nc3cc(C(F)(F)F)ccc3S(=O)(=O)N2)cc1. The van der Waals surface area contributed by atoms with Gasteiger partial charge in [0.2, 0.25) is 10.0 Å². The number of hydrogen-bond donors (Lipinski definition) is 3. The molecule has 0 bridgehead atoms. The van der Waals surface area contributed by atoms with Crippen LogP contribution in [0.4, 0.5) is 18.9 Å². The van der Waals surface area contributed by atoms with Gasteiger partial charge in [-0.25, -0.2) is 8.42 Å². The van der Waals surface area contributed by atoms with E-state index in [0.717, 1.165) is 18.2 Å². The molecule has 1 aliphatic heterocycles. The maximum absolute atomic E-state index is 13.0. The van der Waals surface area contributed by atoms with E-state index in [2.05, 4.69) is 15.4 Å². The zero-order chi connectivity index (χ0) is 21.4. The van der Waals surface area contributed by atoms with Crippen molar-refractivity contribution in [2.45, 2.75) is 31.1 Å². The van der Waals surface area contributed by atoms with Crippen molar-refractivity contribution in [3.05, 3.63) is 59.2 Å². The lowest BCUT2D eigenvalue weighted by Crippen LogP contribution is -2.38. The van der Waals surface area contributed by atoms with Gasteiger partial charge >= 0.3 is 6.18 Å². The Labute approximate surface area is 166 Å². The second-order valence-electron chi connectivity index (χ2n) is 7.13. The molecule has 156 valence electrons. The molecule has 1 atom stereocenters. The predicted octanol–water partition coefficient (Wildman–Crippen LogP) is 3.49. The Morgan fingerprint density at radius 1 is 1.14 bits per heavy atom. The summed E-state index contributed by atoms with van der Waals surface area (Å²) in [5.74, 6) is 0.0309. The highest BCUT2D eigenvalue weighted by atomic mass is 32.2. The average Bonchev–Trinajstić information content (AvgIpc) is 2.64. The van der Waals surface area contributed by atoms with E-state index in [1.807, 2.05) is 13.8 Å². The molecule has 0 fully saturated rings. The van der Waals surface area contributed by atoms with Crippen molar-refractivity contribution in [1.29, 1.82) is 0 Å². The van der Waals surface area contributed by atoms with Crippen molar-refractivity contribution in [3.8, 4) is 0 Å². The van der Waals surface area contributed by atoms with E-state index in [4.69, 9.17) is 0 Å². The number of sulfonamides is 1. The van der Waals surface area contributed by atoms with Crippen molar-refractivity contribution in [2.75, 3.05) is 11.9 Å². The number of rotatable bonds is 4. The van der Waals surface area contributed by atoms with E-state index in [0.29, 0.717) is 23.6 Å². The first-order valence-corrected chi connectivity index (χ1v) is 10.3. The molecular weight excluding hydrogens is 407 g/mol. The number of alkyl halides is 3. The van der Waals surface area contributed by atoms with Gasteiger partial charge in [-0.05, 0) is 41.8 Å².